The number of halogens is 3. The van der Waals surface area contributed by atoms with Crippen molar-refractivity contribution in [1.82, 2.24) is 4.98 Å². The number of hydrogen-bond acceptors (Lipinski definition) is 2. The highest BCUT2D eigenvalue weighted by Crippen LogP contribution is 2.29. The first-order valence-corrected chi connectivity index (χ1v) is 4.93. The van der Waals surface area contributed by atoms with Gasteiger partial charge in [0.25, 0.3) is 0 Å². The summed E-state index contributed by atoms with van der Waals surface area (Å²) in [5.41, 5.74) is 0.776. The number of alkyl halides is 3. The van der Waals surface area contributed by atoms with E-state index in [9.17, 15) is 13.2 Å². The molecule has 0 N–H and O–H groups in total. The molecule has 2 nitrogen and oxygen atoms in total. The third kappa shape index (κ3) is 3.05. The van der Waals surface area contributed by atoms with Crippen molar-refractivity contribution in [2.45, 2.75) is 33.4 Å². The van der Waals surface area contributed by atoms with Crippen LogP contribution in [0.4, 0.5) is 18.9 Å². The van der Waals surface area contributed by atoms with E-state index < -0.39 is 11.9 Å². The van der Waals surface area contributed by atoms with Gasteiger partial charge in [-0.1, -0.05) is 6.92 Å². The molecule has 0 bridgehead atoms. The van der Waals surface area contributed by atoms with Crippen molar-refractivity contribution in [3.63, 3.8) is 0 Å². The fraction of sp³-hybridized carbons (Fsp3) is 0.455. The minimum Gasteiger partial charge on any atom is -0.256 e. The molecule has 0 amide bonds. The van der Waals surface area contributed by atoms with Crippen molar-refractivity contribution in [2.75, 3.05) is 0 Å². The molecule has 0 unspecified atom stereocenters. The molecule has 0 saturated heterocycles. The zero-order valence-corrected chi connectivity index (χ0v) is 9.39. The molecule has 1 aromatic heterocycles. The molecule has 88 valence electrons. The van der Waals surface area contributed by atoms with Gasteiger partial charge in [-0.2, -0.15) is 13.2 Å². The van der Waals surface area contributed by atoms with Gasteiger partial charge in [0.05, 0.1) is 11.4 Å². The Labute approximate surface area is 92.2 Å². The van der Waals surface area contributed by atoms with Crippen LogP contribution in [0, 0.1) is 6.92 Å². The van der Waals surface area contributed by atoms with Gasteiger partial charge in [0.2, 0.25) is 0 Å². The first-order valence-electron chi connectivity index (χ1n) is 4.93. The maximum Gasteiger partial charge on any atom is 0.433 e. The van der Waals surface area contributed by atoms with Crippen LogP contribution in [0.25, 0.3) is 0 Å². The first kappa shape index (κ1) is 12.7. The van der Waals surface area contributed by atoms with E-state index in [1.165, 1.54) is 13.0 Å². The molecule has 1 rings (SSSR count). The second kappa shape index (κ2) is 4.63. The van der Waals surface area contributed by atoms with Crippen LogP contribution < -0.4 is 0 Å². The predicted octanol–water partition coefficient (Wildman–Crippen LogP) is 3.91. The third-order valence-electron chi connectivity index (χ3n) is 2.17. The van der Waals surface area contributed by atoms with Gasteiger partial charge in [0.15, 0.2) is 0 Å². The van der Waals surface area contributed by atoms with Gasteiger partial charge in [0, 0.05) is 5.71 Å². The lowest BCUT2D eigenvalue weighted by Gasteiger charge is -2.08. The summed E-state index contributed by atoms with van der Waals surface area (Å²) < 4.78 is 37.0. The fourth-order valence-corrected chi connectivity index (χ4v) is 1.11. The number of aryl methyl sites for hydroxylation is 1. The summed E-state index contributed by atoms with van der Waals surface area (Å²) in [7, 11) is 0. The molecule has 1 heterocycles. The van der Waals surface area contributed by atoms with Crippen LogP contribution in [0.5, 0.6) is 0 Å². The summed E-state index contributed by atoms with van der Waals surface area (Å²) in [4.78, 5) is 7.69. The SMILES string of the molecule is CCC(C)=Nc1ccc(C(F)(F)F)nc1C. The standard InChI is InChI=1S/C11H13F3N2/c1-4-7(2)15-9-5-6-10(11(12,13)14)16-8(9)3/h5-6H,4H2,1-3H3. The van der Waals surface area contributed by atoms with Crippen LogP contribution >= 0.6 is 0 Å². The minimum atomic E-state index is -4.40. The maximum absolute atomic E-state index is 12.3. The monoisotopic (exact) mass is 230 g/mol. The maximum atomic E-state index is 12.3. The molecular formula is C11H13F3N2. The van der Waals surface area contributed by atoms with Gasteiger partial charge in [-0.05, 0) is 32.4 Å². The molecule has 0 aliphatic rings. The molecule has 1 aromatic rings. The zero-order valence-electron chi connectivity index (χ0n) is 9.39. The van der Waals surface area contributed by atoms with Gasteiger partial charge >= 0.3 is 6.18 Å². The van der Waals surface area contributed by atoms with Gasteiger partial charge in [-0.3, -0.25) is 4.99 Å². The number of aliphatic imine (C=N–C) groups is 1. The second-order valence-corrected chi connectivity index (χ2v) is 3.50. The highest BCUT2D eigenvalue weighted by atomic mass is 19.4. The Balaban J connectivity index is 3.10. The molecular weight excluding hydrogens is 217 g/mol. The van der Waals surface area contributed by atoms with Crippen molar-refractivity contribution < 1.29 is 13.2 Å². The Hall–Kier alpha value is -1.39. The van der Waals surface area contributed by atoms with Crippen molar-refractivity contribution >= 4 is 11.4 Å². The predicted molar refractivity (Wildman–Crippen MR) is 57.0 cm³/mol. The molecule has 5 heteroatoms. The Morgan fingerprint density at radius 3 is 2.44 bits per heavy atom. The topological polar surface area (TPSA) is 25.2 Å². The number of pyridine rings is 1. The molecule has 0 saturated carbocycles. The number of aromatic nitrogens is 1. The highest BCUT2D eigenvalue weighted by molar-refractivity contribution is 5.84. The average molecular weight is 230 g/mol. The fourth-order valence-electron chi connectivity index (χ4n) is 1.11. The molecule has 16 heavy (non-hydrogen) atoms. The lowest BCUT2D eigenvalue weighted by molar-refractivity contribution is -0.141. The van der Waals surface area contributed by atoms with E-state index in [4.69, 9.17) is 0 Å². The van der Waals surface area contributed by atoms with Crippen LogP contribution in [0.2, 0.25) is 0 Å². The summed E-state index contributed by atoms with van der Waals surface area (Å²) >= 11 is 0. The van der Waals surface area contributed by atoms with Gasteiger partial charge in [-0.25, -0.2) is 4.98 Å². The number of rotatable bonds is 2. The number of hydrogen-bond donors (Lipinski definition) is 0. The number of nitrogens with zero attached hydrogens (tertiary/aromatic N) is 2. The molecule has 0 aliphatic carbocycles. The van der Waals surface area contributed by atoms with Crippen LogP contribution in [-0.4, -0.2) is 10.7 Å². The molecule has 0 spiro atoms. The van der Waals surface area contributed by atoms with Crippen LogP contribution in [-0.2, 0) is 6.18 Å². The van der Waals surface area contributed by atoms with Crippen molar-refractivity contribution in [1.29, 1.82) is 0 Å². The van der Waals surface area contributed by atoms with E-state index in [1.54, 1.807) is 0 Å². The Morgan fingerprint density at radius 1 is 1.38 bits per heavy atom. The Morgan fingerprint density at radius 2 is 2.00 bits per heavy atom. The molecule has 0 fully saturated rings. The van der Waals surface area contributed by atoms with Crippen LogP contribution in [0.1, 0.15) is 31.7 Å². The first-order chi connectivity index (χ1) is 7.34. The lowest BCUT2D eigenvalue weighted by atomic mass is 10.2. The summed E-state index contributed by atoms with van der Waals surface area (Å²) in [6.45, 7) is 5.29. The Kier molecular flexibility index (Phi) is 3.67. The van der Waals surface area contributed by atoms with E-state index >= 15 is 0 Å². The van der Waals surface area contributed by atoms with Crippen LogP contribution in [0.3, 0.4) is 0 Å². The van der Waals surface area contributed by atoms with E-state index in [2.05, 4.69) is 9.98 Å². The largest absolute Gasteiger partial charge is 0.433 e. The van der Waals surface area contributed by atoms with Gasteiger partial charge < -0.3 is 0 Å². The quantitative estimate of drug-likeness (QED) is 0.707. The minimum absolute atomic E-state index is 0.294. The summed E-state index contributed by atoms with van der Waals surface area (Å²) in [6.07, 6.45) is -3.63. The Bertz CT molecular complexity index is 408. The van der Waals surface area contributed by atoms with Gasteiger partial charge in [0.1, 0.15) is 5.69 Å². The normalized spacial score (nSPS) is 13.0. The summed E-state index contributed by atoms with van der Waals surface area (Å²) in [6, 6.07) is 2.30. The lowest BCUT2D eigenvalue weighted by Crippen LogP contribution is -2.08. The molecule has 0 aliphatic heterocycles. The second-order valence-electron chi connectivity index (χ2n) is 3.50. The van der Waals surface area contributed by atoms with E-state index in [0.29, 0.717) is 11.4 Å². The van der Waals surface area contributed by atoms with Crippen molar-refractivity contribution in [3.8, 4) is 0 Å². The summed E-state index contributed by atoms with van der Waals surface area (Å²) in [5, 5.41) is 0. The zero-order chi connectivity index (χ0) is 12.3. The third-order valence-corrected chi connectivity index (χ3v) is 2.17. The average Bonchev–Trinajstić information content (AvgIpc) is 2.19. The van der Waals surface area contributed by atoms with Crippen molar-refractivity contribution in [2.24, 2.45) is 4.99 Å². The molecule has 0 atom stereocenters. The van der Waals surface area contributed by atoms with E-state index in [1.807, 2.05) is 13.8 Å². The molecule has 0 radical (unpaired) electrons. The van der Waals surface area contributed by atoms with Crippen LogP contribution in [0.15, 0.2) is 17.1 Å². The van der Waals surface area contributed by atoms with E-state index in [0.717, 1.165) is 18.2 Å². The molecule has 0 aromatic carbocycles. The summed E-state index contributed by atoms with van der Waals surface area (Å²) in [5.74, 6) is 0. The smallest absolute Gasteiger partial charge is 0.256 e. The van der Waals surface area contributed by atoms with Gasteiger partial charge in [-0.15, -0.1) is 0 Å². The van der Waals surface area contributed by atoms with Crippen molar-refractivity contribution in [3.05, 3.63) is 23.5 Å². The highest BCUT2D eigenvalue weighted by Gasteiger charge is 2.32. The van der Waals surface area contributed by atoms with E-state index in [-0.39, 0.29) is 0 Å².